The third kappa shape index (κ3) is 5.48. The summed E-state index contributed by atoms with van der Waals surface area (Å²) in [5.41, 5.74) is 0. The third-order valence-electron chi connectivity index (χ3n) is 1.66. The van der Waals surface area contributed by atoms with Gasteiger partial charge in [-0.25, -0.2) is 0 Å². The van der Waals surface area contributed by atoms with E-state index in [0.29, 0.717) is 0 Å². The molecule has 0 N–H and O–H groups in total. The molecular weight excluding hydrogens is 160 g/mol. The van der Waals surface area contributed by atoms with Gasteiger partial charge in [0.15, 0.2) is 0 Å². The second-order valence-corrected chi connectivity index (χ2v) is 5.17. The Labute approximate surface area is 72.9 Å². The topological polar surface area (TPSA) is 0 Å². The normalized spacial score (nSPS) is 10.8. The highest BCUT2D eigenvalue weighted by Gasteiger charge is 2.01. The van der Waals surface area contributed by atoms with Crippen molar-refractivity contribution in [3.05, 3.63) is 0 Å². The number of rotatable bonds is 6. The molecule has 0 aliphatic heterocycles. The van der Waals surface area contributed by atoms with E-state index in [-0.39, 0.29) is 0 Å². The maximum absolute atomic E-state index is 2.28. The molecule has 0 aromatic carbocycles. The van der Waals surface area contributed by atoms with E-state index < -0.39 is 0 Å². The van der Waals surface area contributed by atoms with Gasteiger partial charge in [0, 0.05) is 11.5 Å². The molecule has 0 aromatic rings. The molecule has 0 bridgehead atoms. The Kier molecular flexibility index (Phi) is 8.35. The number of hydrogen-bond donors (Lipinski definition) is 0. The summed E-state index contributed by atoms with van der Waals surface area (Å²) in [6, 6.07) is 0. The average Bonchev–Trinajstić information content (AvgIpc) is 1.99. The van der Waals surface area contributed by atoms with Crippen LogP contribution in [0, 0.1) is 5.92 Å². The van der Waals surface area contributed by atoms with Crippen molar-refractivity contribution in [1.82, 2.24) is 0 Å². The number of hydrogen-bond acceptors (Lipinski definition) is 2. The zero-order valence-electron chi connectivity index (χ0n) is 7.22. The Bertz CT molecular complexity index is 60.3. The van der Waals surface area contributed by atoms with Crippen LogP contribution in [-0.2, 0) is 0 Å². The molecule has 10 heavy (non-hydrogen) atoms. The van der Waals surface area contributed by atoms with Gasteiger partial charge >= 0.3 is 0 Å². The summed E-state index contributed by atoms with van der Waals surface area (Å²) in [4.78, 5) is 0. The molecule has 0 heterocycles. The van der Waals surface area contributed by atoms with Crippen molar-refractivity contribution in [3.63, 3.8) is 0 Å². The molecule has 2 heteroatoms. The highest BCUT2D eigenvalue weighted by molar-refractivity contribution is 8.76. The van der Waals surface area contributed by atoms with Crippen molar-refractivity contribution >= 4 is 21.6 Å². The van der Waals surface area contributed by atoms with E-state index in [1.54, 1.807) is 0 Å². The summed E-state index contributed by atoms with van der Waals surface area (Å²) in [6.45, 7) is 6.78. The second-order valence-electron chi connectivity index (χ2n) is 2.37. The highest BCUT2D eigenvalue weighted by Crippen LogP contribution is 2.25. The molecule has 0 aliphatic carbocycles. The van der Waals surface area contributed by atoms with Crippen LogP contribution < -0.4 is 0 Å². The molecule has 0 aliphatic rings. The first-order chi connectivity index (χ1) is 4.85. The summed E-state index contributed by atoms with van der Waals surface area (Å²) in [6.07, 6.45) is 2.68. The fraction of sp³-hybridized carbons (Fsp3) is 1.00. The average molecular weight is 178 g/mol. The Morgan fingerprint density at radius 1 is 1.00 bits per heavy atom. The first-order valence-electron chi connectivity index (χ1n) is 4.09. The van der Waals surface area contributed by atoms with Gasteiger partial charge in [0.2, 0.25) is 0 Å². The van der Waals surface area contributed by atoms with E-state index in [1.165, 1.54) is 24.3 Å². The molecular formula is C8H18S2. The van der Waals surface area contributed by atoms with Crippen LogP contribution in [0.1, 0.15) is 33.6 Å². The zero-order valence-corrected chi connectivity index (χ0v) is 8.86. The smallest absolute Gasteiger partial charge is 0.00651 e. The van der Waals surface area contributed by atoms with E-state index in [1.807, 2.05) is 21.6 Å². The van der Waals surface area contributed by atoms with Crippen LogP contribution in [0.2, 0.25) is 0 Å². The third-order valence-corrected chi connectivity index (χ3v) is 4.28. The van der Waals surface area contributed by atoms with Crippen LogP contribution >= 0.6 is 21.6 Å². The predicted molar refractivity (Wildman–Crippen MR) is 54.7 cm³/mol. The molecule has 0 nitrogen and oxygen atoms in total. The summed E-state index contributed by atoms with van der Waals surface area (Å²) in [7, 11) is 4.01. The van der Waals surface area contributed by atoms with Crippen LogP contribution in [0.4, 0.5) is 0 Å². The summed E-state index contributed by atoms with van der Waals surface area (Å²) in [5.74, 6) is 3.53. The van der Waals surface area contributed by atoms with E-state index in [4.69, 9.17) is 0 Å². The summed E-state index contributed by atoms with van der Waals surface area (Å²) < 4.78 is 0. The minimum absolute atomic E-state index is 0.948. The molecule has 62 valence electrons. The second kappa shape index (κ2) is 7.80. The standard InChI is InChI=1S/C8H18S2/c1-4-8(5-2)7-10-9-6-3/h8H,4-7H2,1-3H3. The van der Waals surface area contributed by atoms with Crippen molar-refractivity contribution in [3.8, 4) is 0 Å². The van der Waals surface area contributed by atoms with E-state index in [2.05, 4.69) is 20.8 Å². The van der Waals surface area contributed by atoms with Crippen molar-refractivity contribution < 1.29 is 0 Å². The van der Waals surface area contributed by atoms with Crippen LogP contribution in [0.5, 0.6) is 0 Å². The molecule has 0 spiro atoms. The Balaban J connectivity index is 3.09. The van der Waals surface area contributed by atoms with Crippen molar-refractivity contribution in [2.75, 3.05) is 11.5 Å². The lowest BCUT2D eigenvalue weighted by Gasteiger charge is -2.09. The molecule has 0 atom stereocenters. The minimum Gasteiger partial charge on any atom is -0.0944 e. The highest BCUT2D eigenvalue weighted by atomic mass is 33.1. The minimum atomic E-state index is 0.948. The Morgan fingerprint density at radius 3 is 2.00 bits per heavy atom. The lowest BCUT2D eigenvalue weighted by molar-refractivity contribution is 0.555. The van der Waals surface area contributed by atoms with E-state index in [9.17, 15) is 0 Å². The molecule has 0 unspecified atom stereocenters. The van der Waals surface area contributed by atoms with Gasteiger partial charge < -0.3 is 0 Å². The van der Waals surface area contributed by atoms with Crippen LogP contribution in [0.15, 0.2) is 0 Å². The monoisotopic (exact) mass is 178 g/mol. The quantitative estimate of drug-likeness (QED) is 0.448. The molecule has 0 rings (SSSR count). The predicted octanol–water partition coefficient (Wildman–Crippen LogP) is 3.82. The van der Waals surface area contributed by atoms with Gasteiger partial charge in [-0.1, -0.05) is 55.2 Å². The first-order valence-corrected chi connectivity index (χ1v) is 6.58. The fourth-order valence-electron chi connectivity index (χ4n) is 0.752. The maximum atomic E-state index is 2.28. The Hall–Kier alpha value is 0.700. The van der Waals surface area contributed by atoms with Gasteiger partial charge in [0.1, 0.15) is 0 Å². The van der Waals surface area contributed by atoms with Crippen LogP contribution in [0.3, 0.4) is 0 Å². The first kappa shape index (κ1) is 10.7. The van der Waals surface area contributed by atoms with Gasteiger partial charge in [-0.15, -0.1) is 0 Å². The largest absolute Gasteiger partial charge is 0.0944 e. The maximum Gasteiger partial charge on any atom is 0.00651 e. The molecule has 0 radical (unpaired) electrons. The lowest BCUT2D eigenvalue weighted by atomic mass is 10.1. The van der Waals surface area contributed by atoms with Gasteiger partial charge in [-0.3, -0.25) is 0 Å². The van der Waals surface area contributed by atoms with Gasteiger partial charge in [-0.05, 0) is 5.92 Å². The van der Waals surface area contributed by atoms with Crippen molar-refractivity contribution in [1.29, 1.82) is 0 Å². The summed E-state index contributed by atoms with van der Waals surface area (Å²) in [5, 5.41) is 0. The SMILES string of the molecule is CCSSCC(CC)CC. The van der Waals surface area contributed by atoms with E-state index in [0.717, 1.165) is 5.92 Å². The van der Waals surface area contributed by atoms with Crippen LogP contribution in [0.25, 0.3) is 0 Å². The molecule has 0 saturated heterocycles. The zero-order chi connectivity index (χ0) is 7.82. The van der Waals surface area contributed by atoms with Crippen molar-refractivity contribution in [2.45, 2.75) is 33.6 Å². The lowest BCUT2D eigenvalue weighted by Crippen LogP contribution is -1.98. The fourth-order valence-corrected chi connectivity index (χ4v) is 3.04. The van der Waals surface area contributed by atoms with Gasteiger partial charge in [0.25, 0.3) is 0 Å². The van der Waals surface area contributed by atoms with E-state index >= 15 is 0 Å². The summed E-state index contributed by atoms with van der Waals surface area (Å²) >= 11 is 0. The molecule has 0 amide bonds. The van der Waals surface area contributed by atoms with Gasteiger partial charge in [0.05, 0.1) is 0 Å². The van der Waals surface area contributed by atoms with Gasteiger partial charge in [-0.2, -0.15) is 0 Å². The molecule has 0 fully saturated rings. The molecule has 0 saturated carbocycles. The Morgan fingerprint density at radius 2 is 1.60 bits per heavy atom. The van der Waals surface area contributed by atoms with Crippen LogP contribution in [-0.4, -0.2) is 11.5 Å². The molecule has 0 aromatic heterocycles. The van der Waals surface area contributed by atoms with Crippen molar-refractivity contribution in [2.24, 2.45) is 5.92 Å².